The third-order valence-electron chi connectivity index (χ3n) is 9.50. The highest BCUT2D eigenvalue weighted by Crippen LogP contribution is 2.64. The molecular formula is C25H43N3O4. The van der Waals surface area contributed by atoms with Crippen molar-refractivity contribution in [2.45, 2.75) is 84.5 Å². The minimum absolute atomic E-state index is 0.0670. The standard InChI is InChI=1S/C25H43N3O4/c1-24-11-9-16(15-21(29)30)14-17(24)7-8-18-19(6-4-5-13-28-23(26)27)25(2,22(31)32-3)12-10-20(18)24/h16-20H,4-15H2,1-3H3,(H,29,30)(H4,26,27,28)/t16-,17?,18?,19-,20?,24-,25-/m0/s1. The van der Waals surface area contributed by atoms with Gasteiger partial charge < -0.3 is 21.3 Å². The van der Waals surface area contributed by atoms with Crippen molar-refractivity contribution in [2.75, 3.05) is 13.7 Å². The molecule has 0 spiro atoms. The number of nitrogens with two attached hydrogens (primary N) is 2. The van der Waals surface area contributed by atoms with Gasteiger partial charge in [0.25, 0.3) is 0 Å². The number of unbranched alkanes of at least 4 members (excludes halogenated alkanes) is 1. The van der Waals surface area contributed by atoms with Crippen LogP contribution in [0.15, 0.2) is 4.99 Å². The van der Waals surface area contributed by atoms with Crippen molar-refractivity contribution < 1.29 is 19.4 Å². The number of guanidine groups is 1. The van der Waals surface area contributed by atoms with Crippen molar-refractivity contribution >= 4 is 17.9 Å². The third-order valence-corrected chi connectivity index (χ3v) is 9.50. The van der Waals surface area contributed by atoms with Gasteiger partial charge in [0.1, 0.15) is 0 Å². The van der Waals surface area contributed by atoms with Crippen molar-refractivity contribution in [2.24, 2.45) is 56.9 Å². The lowest BCUT2D eigenvalue weighted by atomic mass is 9.44. The Bertz CT molecular complexity index is 722. The second kappa shape index (κ2) is 10.0. The van der Waals surface area contributed by atoms with Gasteiger partial charge in [-0.05, 0) is 99.7 Å². The Balaban J connectivity index is 1.76. The summed E-state index contributed by atoms with van der Waals surface area (Å²) in [6.45, 7) is 5.21. The van der Waals surface area contributed by atoms with Gasteiger partial charge >= 0.3 is 11.9 Å². The summed E-state index contributed by atoms with van der Waals surface area (Å²) in [4.78, 5) is 28.3. The molecule has 3 aliphatic carbocycles. The average molecular weight is 450 g/mol. The van der Waals surface area contributed by atoms with Crippen LogP contribution in [-0.4, -0.2) is 36.7 Å². The summed E-state index contributed by atoms with van der Waals surface area (Å²) in [7, 11) is 1.51. The van der Waals surface area contributed by atoms with Crippen LogP contribution in [0.4, 0.5) is 0 Å². The third kappa shape index (κ3) is 4.91. The predicted molar refractivity (Wildman–Crippen MR) is 125 cm³/mol. The van der Waals surface area contributed by atoms with Gasteiger partial charge in [0.15, 0.2) is 5.96 Å². The summed E-state index contributed by atoms with van der Waals surface area (Å²) in [6, 6.07) is 0. The molecule has 0 aromatic carbocycles. The quantitative estimate of drug-likeness (QED) is 0.223. The molecule has 0 aliphatic heterocycles. The second-order valence-electron chi connectivity index (χ2n) is 11.1. The van der Waals surface area contributed by atoms with E-state index in [1.807, 2.05) is 0 Å². The number of hydrogen-bond donors (Lipinski definition) is 3. The minimum atomic E-state index is -0.667. The molecule has 32 heavy (non-hydrogen) atoms. The summed E-state index contributed by atoms with van der Waals surface area (Å²) < 4.78 is 5.29. The van der Waals surface area contributed by atoms with Crippen molar-refractivity contribution in [1.82, 2.24) is 0 Å². The van der Waals surface area contributed by atoms with E-state index in [-0.39, 0.29) is 17.3 Å². The van der Waals surface area contributed by atoms with Crippen LogP contribution in [0.3, 0.4) is 0 Å². The highest BCUT2D eigenvalue weighted by atomic mass is 16.5. The molecule has 7 heteroatoms. The molecule has 0 amide bonds. The van der Waals surface area contributed by atoms with Crippen molar-refractivity contribution in [3.63, 3.8) is 0 Å². The lowest BCUT2D eigenvalue weighted by Gasteiger charge is -2.61. The topological polar surface area (TPSA) is 128 Å². The zero-order valence-electron chi connectivity index (χ0n) is 20.1. The fourth-order valence-electron chi connectivity index (χ4n) is 7.80. The first kappa shape index (κ1) is 24.8. The number of ether oxygens (including phenoxy) is 1. The Morgan fingerprint density at radius 1 is 1.09 bits per heavy atom. The molecule has 3 aliphatic rings. The number of aliphatic carboxylic acids is 1. The van der Waals surface area contributed by atoms with E-state index in [2.05, 4.69) is 18.8 Å². The molecule has 3 unspecified atom stereocenters. The normalized spacial score (nSPS) is 38.8. The lowest BCUT2D eigenvalue weighted by molar-refractivity contribution is -0.172. The number of esters is 1. The molecule has 0 radical (unpaired) electrons. The number of aliphatic imine (C=N–C) groups is 1. The molecule has 3 saturated carbocycles. The maximum atomic E-state index is 12.9. The number of methoxy groups -OCH3 is 1. The van der Waals surface area contributed by atoms with Crippen LogP contribution in [0.1, 0.15) is 84.5 Å². The Labute approximate surface area is 192 Å². The van der Waals surface area contributed by atoms with E-state index >= 15 is 0 Å². The van der Waals surface area contributed by atoms with E-state index in [1.54, 1.807) is 0 Å². The van der Waals surface area contributed by atoms with Crippen LogP contribution in [0.2, 0.25) is 0 Å². The first-order valence-corrected chi connectivity index (χ1v) is 12.5. The number of hydrogen-bond acceptors (Lipinski definition) is 4. The predicted octanol–water partition coefficient (Wildman–Crippen LogP) is 3.94. The summed E-state index contributed by atoms with van der Waals surface area (Å²) in [5, 5.41) is 9.27. The Hall–Kier alpha value is -1.79. The molecule has 5 N–H and O–H groups in total. The minimum Gasteiger partial charge on any atom is -0.481 e. The molecule has 0 aromatic heterocycles. The molecule has 7 nitrogen and oxygen atoms in total. The largest absolute Gasteiger partial charge is 0.481 e. The first-order valence-electron chi connectivity index (χ1n) is 12.5. The van der Waals surface area contributed by atoms with Crippen LogP contribution in [0.25, 0.3) is 0 Å². The molecular weight excluding hydrogens is 406 g/mol. The Morgan fingerprint density at radius 2 is 1.84 bits per heavy atom. The van der Waals surface area contributed by atoms with E-state index < -0.39 is 11.4 Å². The zero-order valence-corrected chi connectivity index (χ0v) is 20.1. The smallest absolute Gasteiger partial charge is 0.311 e. The summed E-state index contributed by atoms with van der Waals surface area (Å²) in [5.41, 5.74) is 10.7. The maximum Gasteiger partial charge on any atom is 0.311 e. The van der Waals surface area contributed by atoms with Gasteiger partial charge in [0, 0.05) is 13.0 Å². The Morgan fingerprint density at radius 3 is 2.50 bits per heavy atom. The molecule has 0 aromatic rings. The van der Waals surface area contributed by atoms with Gasteiger partial charge in [-0.1, -0.05) is 13.3 Å². The fourth-order valence-corrected chi connectivity index (χ4v) is 7.80. The van der Waals surface area contributed by atoms with Crippen LogP contribution in [0.5, 0.6) is 0 Å². The van der Waals surface area contributed by atoms with E-state index in [0.717, 1.165) is 64.2 Å². The van der Waals surface area contributed by atoms with Gasteiger partial charge in [-0.25, -0.2) is 0 Å². The van der Waals surface area contributed by atoms with Crippen molar-refractivity contribution in [3.8, 4) is 0 Å². The number of carbonyl (C=O) groups is 2. The average Bonchev–Trinajstić information content (AvgIpc) is 2.73. The lowest BCUT2D eigenvalue weighted by Crippen LogP contribution is -2.55. The van der Waals surface area contributed by atoms with Gasteiger partial charge in [-0.2, -0.15) is 0 Å². The molecule has 0 bridgehead atoms. The number of carboxylic acids is 1. The zero-order chi connectivity index (χ0) is 23.5. The number of rotatable bonds is 8. The molecule has 3 fully saturated rings. The molecule has 0 heterocycles. The molecule has 3 rings (SSSR count). The van der Waals surface area contributed by atoms with Crippen LogP contribution >= 0.6 is 0 Å². The second-order valence-corrected chi connectivity index (χ2v) is 11.1. The molecule has 182 valence electrons. The van der Waals surface area contributed by atoms with Gasteiger partial charge in [-0.15, -0.1) is 0 Å². The number of fused-ring (bicyclic) bond motifs is 3. The molecule has 0 saturated heterocycles. The first-order chi connectivity index (χ1) is 15.1. The highest BCUT2D eigenvalue weighted by Gasteiger charge is 2.58. The number of carbonyl (C=O) groups excluding carboxylic acids is 1. The van der Waals surface area contributed by atoms with Gasteiger partial charge in [0.05, 0.1) is 12.5 Å². The monoisotopic (exact) mass is 449 g/mol. The van der Waals surface area contributed by atoms with Gasteiger partial charge in [-0.3, -0.25) is 14.6 Å². The number of nitrogens with zero attached hydrogens (tertiary/aromatic N) is 1. The van der Waals surface area contributed by atoms with Crippen LogP contribution < -0.4 is 11.5 Å². The summed E-state index contributed by atoms with van der Waals surface area (Å²) >= 11 is 0. The van der Waals surface area contributed by atoms with Crippen molar-refractivity contribution in [1.29, 1.82) is 0 Å². The SMILES string of the molecule is COC(=O)[C@@]1(C)CCC2C(CCC3C[C@@H](CC(=O)O)CC[C@@]32C)[C@@H]1CCCCN=C(N)N. The Kier molecular flexibility index (Phi) is 7.77. The summed E-state index contributed by atoms with van der Waals surface area (Å²) in [6.07, 6.45) is 10.6. The maximum absolute atomic E-state index is 12.9. The summed E-state index contributed by atoms with van der Waals surface area (Å²) in [5.74, 6) is 1.75. The van der Waals surface area contributed by atoms with E-state index in [1.165, 1.54) is 7.11 Å². The number of carboxylic acid groups (broad SMARTS) is 1. The van der Waals surface area contributed by atoms with Crippen LogP contribution in [-0.2, 0) is 14.3 Å². The molecule has 7 atom stereocenters. The van der Waals surface area contributed by atoms with E-state index in [0.29, 0.717) is 42.6 Å². The van der Waals surface area contributed by atoms with E-state index in [9.17, 15) is 14.7 Å². The fraction of sp³-hybridized carbons (Fsp3) is 0.880. The van der Waals surface area contributed by atoms with E-state index in [4.69, 9.17) is 16.2 Å². The van der Waals surface area contributed by atoms with Crippen molar-refractivity contribution in [3.05, 3.63) is 0 Å². The van der Waals surface area contributed by atoms with Gasteiger partial charge in [0.2, 0.25) is 0 Å². The van der Waals surface area contributed by atoms with Crippen LogP contribution in [0, 0.1) is 40.4 Å². The highest BCUT2D eigenvalue weighted by molar-refractivity contribution is 5.77.